The fourth-order valence-electron chi connectivity index (χ4n) is 4.61. The van der Waals surface area contributed by atoms with Crippen LogP contribution in [0.5, 0.6) is 5.75 Å². The Morgan fingerprint density at radius 3 is 2.08 bits per heavy atom. The normalized spacial score (nSPS) is 11.3. The third-order valence-corrected chi connectivity index (χ3v) is 6.52. The lowest BCUT2D eigenvalue weighted by Crippen LogP contribution is -2.41. The van der Waals surface area contributed by atoms with E-state index in [0.717, 1.165) is 21.8 Å². The van der Waals surface area contributed by atoms with Crippen LogP contribution in [-0.2, 0) is 6.54 Å². The largest absolute Gasteiger partial charge is 0.490 e. The number of aromatic nitrogens is 2. The summed E-state index contributed by atoms with van der Waals surface area (Å²) < 4.78 is 22.5. The van der Waals surface area contributed by atoms with Crippen LogP contribution in [0, 0.1) is 5.82 Å². The number of aromatic carboxylic acids is 1. The number of benzene rings is 4. The molecule has 7 nitrogen and oxygen atoms in total. The highest BCUT2D eigenvalue weighted by Gasteiger charge is 2.23. The van der Waals surface area contributed by atoms with Gasteiger partial charge in [-0.25, -0.2) is 14.0 Å². The van der Waals surface area contributed by atoms with Crippen molar-refractivity contribution in [3.8, 4) is 5.75 Å². The highest BCUT2D eigenvalue weighted by Crippen LogP contribution is 2.28. The van der Waals surface area contributed by atoms with Gasteiger partial charge in [-0.3, -0.25) is 13.9 Å². The van der Waals surface area contributed by atoms with Crippen molar-refractivity contribution >= 4 is 16.9 Å². The molecule has 0 saturated heterocycles. The summed E-state index contributed by atoms with van der Waals surface area (Å²) in [5.74, 6) is -1.13. The molecule has 0 bridgehead atoms. The molecule has 0 aliphatic carbocycles. The number of hydrogen-bond donors (Lipinski definition) is 1. The Morgan fingerprint density at radius 1 is 0.850 bits per heavy atom. The number of fused-ring (bicyclic) bond motifs is 1. The van der Waals surface area contributed by atoms with Gasteiger partial charge in [0.05, 0.1) is 22.5 Å². The summed E-state index contributed by atoms with van der Waals surface area (Å²) in [6.07, 6.45) is 3.28. The van der Waals surface area contributed by atoms with Crippen molar-refractivity contribution in [3.05, 3.63) is 159 Å². The Kier molecular flexibility index (Phi) is 7.68. The second-order valence-electron chi connectivity index (χ2n) is 9.07. The number of rotatable bonds is 9. The molecule has 0 amide bonds. The molecule has 4 aromatic carbocycles. The Morgan fingerprint density at radius 2 is 1.48 bits per heavy atom. The predicted octanol–water partition coefficient (Wildman–Crippen LogP) is 5.27. The van der Waals surface area contributed by atoms with Gasteiger partial charge in [-0.1, -0.05) is 66.7 Å². The standard InChI is InChI=1S/C32H25FN2O5/c33-25-15-18-28-27(21-25)30(36)34(19-7-8-20-40-26-16-13-24(14-17-26)31(37)38)32(39)35(28)29(22-9-3-1-4-10-22)23-11-5-2-6-12-23/h1-18,21,29H,19-20H2,(H,37,38)/b8-7+. The van der Waals surface area contributed by atoms with Crippen LogP contribution in [-0.4, -0.2) is 26.8 Å². The van der Waals surface area contributed by atoms with Gasteiger partial charge >= 0.3 is 11.7 Å². The number of hydrogen-bond acceptors (Lipinski definition) is 4. The summed E-state index contributed by atoms with van der Waals surface area (Å²) in [5, 5.41) is 9.11. The SMILES string of the molecule is O=C(O)c1ccc(OC/C=C/Cn2c(=O)c3cc(F)ccc3n(C(c3ccccc3)c3ccccc3)c2=O)cc1. The molecule has 0 fully saturated rings. The Hall–Kier alpha value is -5.24. The average molecular weight is 537 g/mol. The van der Waals surface area contributed by atoms with Crippen LogP contribution in [0.25, 0.3) is 10.9 Å². The molecule has 1 heterocycles. The van der Waals surface area contributed by atoms with Gasteiger partial charge in [0.1, 0.15) is 18.2 Å². The van der Waals surface area contributed by atoms with Crippen LogP contribution in [0.1, 0.15) is 27.5 Å². The number of carbonyl (C=O) groups is 1. The van der Waals surface area contributed by atoms with Crippen LogP contribution in [0.2, 0.25) is 0 Å². The summed E-state index contributed by atoms with van der Waals surface area (Å²) in [6.45, 7) is 0.0793. The quantitative estimate of drug-likeness (QED) is 0.259. The molecule has 8 heteroatoms. The van der Waals surface area contributed by atoms with Crippen molar-refractivity contribution in [1.29, 1.82) is 0 Å². The average Bonchev–Trinajstić information content (AvgIpc) is 2.98. The van der Waals surface area contributed by atoms with Gasteiger partial charge in [0.25, 0.3) is 5.56 Å². The first kappa shape index (κ1) is 26.4. The maximum absolute atomic E-state index is 14.3. The van der Waals surface area contributed by atoms with E-state index in [2.05, 4.69) is 0 Å². The van der Waals surface area contributed by atoms with Crippen LogP contribution in [0.3, 0.4) is 0 Å². The first-order valence-electron chi connectivity index (χ1n) is 12.6. The third-order valence-electron chi connectivity index (χ3n) is 6.52. The molecule has 0 radical (unpaired) electrons. The monoisotopic (exact) mass is 536 g/mol. The van der Waals surface area contributed by atoms with E-state index in [1.165, 1.54) is 28.8 Å². The molecule has 1 N–H and O–H groups in total. The minimum absolute atomic E-state index is 0.0538. The fraction of sp³-hybridized carbons (Fsp3) is 0.0938. The minimum Gasteiger partial charge on any atom is -0.490 e. The number of halogens is 1. The zero-order valence-corrected chi connectivity index (χ0v) is 21.3. The van der Waals surface area contributed by atoms with Crippen molar-refractivity contribution in [2.75, 3.05) is 6.61 Å². The van der Waals surface area contributed by atoms with Crippen molar-refractivity contribution in [2.45, 2.75) is 12.6 Å². The Bertz CT molecular complexity index is 1750. The van der Waals surface area contributed by atoms with Crippen LogP contribution < -0.4 is 16.0 Å². The van der Waals surface area contributed by atoms with E-state index in [1.807, 2.05) is 60.7 Å². The molecule has 0 aliphatic rings. The van der Waals surface area contributed by atoms with Gasteiger partial charge in [0.15, 0.2) is 0 Å². The van der Waals surface area contributed by atoms with Crippen molar-refractivity contribution in [2.24, 2.45) is 0 Å². The van der Waals surface area contributed by atoms with Crippen LogP contribution >= 0.6 is 0 Å². The topological polar surface area (TPSA) is 90.5 Å². The van der Waals surface area contributed by atoms with Crippen molar-refractivity contribution < 1.29 is 19.0 Å². The second-order valence-corrected chi connectivity index (χ2v) is 9.07. The van der Waals surface area contributed by atoms with E-state index >= 15 is 0 Å². The van der Waals surface area contributed by atoms with Crippen LogP contribution in [0.4, 0.5) is 4.39 Å². The number of carboxylic acid groups (broad SMARTS) is 1. The number of allylic oxidation sites excluding steroid dienone is 1. The number of carboxylic acids is 1. The summed E-state index contributed by atoms with van der Waals surface area (Å²) in [4.78, 5) is 38.4. The predicted molar refractivity (Wildman–Crippen MR) is 151 cm³/mol. The van der Waals surface area contributed by atoms with Crippen molar-refractivity contribution in [1.82, 2.24) is 9.13 Å². The molecule has 0 unspecified atom stereocenters. The summed E-state index contributed by atoms with van der Waals surface area (Å²) in [7, 11) is 0. The molecular weight excluding hydrogens is 511 g/mol. The lowest BCUT2D eigenvalue weighted by atomic mass is 9.98. The highest BCUT2D eigenvalue weighted by atomic mass is 19.1. The molecule has 5 aromatic rings. The molecule has 0 saturated carbocycles. The Balaban J connectivity index is 1.53. The molecule has 200 valence electrons. The van der Waals surface area contributed by atoms with Gasteiger partial charge < -0.3 is 9.84 Å². The van der Waals surface area contributed by atoms with Gasteiger partial charge in [-0.15, -0.1) is 0 Å². The van der Waals surface area contributed by atoms with Gasteiger partial charge in [-0.2, -0.15) is 0 Å². The van der Waals surface area contributed by atoms with E-state index in [1.54, 1.807) is 24.3 Å². The summed E-state index contributed by atoms with van der Waals surface area (Å²) >= 11 is 0. The molecule has 5 rings (SSSR count). The first-order valence-corrected chi connectivity index (χ1v) is 12.6. The summed E-state index contributed by atoms with van der Waals surface area (Å²) in [5.41, 5.74) is 1.04. The fourth-order valence-corrected chi connectivity index (χ4v) is 4.61. The zero-order valence-electron chi connectivity index (χ0n) is 21.3. The minimum atomic E-state index is -1.03. The van der Waals surface area contributed by atoms with Gasteiger partial charge in [-0.05, 0) is 59.7 Å². The first-order chi connectivity index (χ1) is 19.4. The summed E-state index contributed by atoms with van der Waals surface area (Å²) in [6, 6.07) is 28.2. The van der Waals surface area contributed by atoms with Crippen molar-refractivity contribution in [3.63, 3.8) is 0 Å². The zero-order chi connectivity index (χ0) is 28.1. The number of ether oxygens (including phenoxy) is 1. The van der Waals surface area contributed by atoms with E-state index in [-0.39, 0.29) is 24.1 Å². The molecule has 1 aromatic heterocycles. The molecule has 40 heavy (non-hydrogen) atoms. The Labute approximate surface area is 228 Å². The second kappa shape index (κ2) is 11.7. The van der Waals surface area contributed by atoms with Gasteiger partial charge in [0.2, 0.25) is 0 Å². The van der Waals surface area contributed by atoms with E-state index < -0.39 is 29.1 Å². The highest BCUT2D eigenvalue weighted by molar-refractivity contribution is 5.87. The molecular formula is C32H25FN2O5. The lowest BCUT2D eigenvalue weighted by molar-refractivity contribution is 0.0697. The lowest BCUT2D eigenvalue weighted by Gasteiger charge is -2.24. The van der Waals surface area contributed by atoms with Gasteiger partial charge in [0, 0.05) is 6.54 Å². The van der Waals surface area contributed by atoms with E-state index in [9.17, 15) is 18.8 Å². The molecule has 0 aliphatic heterocycles. The smallest absolute Gasteiger partial charge is 0.335 e. The molecule has 0 atom stereocenters. The van der Waals surface area contributed by atoms with E-state index in [0.29, 0.717) is 11.3 Å². The number of nitrogens with zero attached hydrogens (tertiary/aromatic N) is 2. The van der Waals surface area contributed by atoms with E-state index in [4.69, 9.17) is 9.84 Å². The third kappa shape index (κ3) is 5.47. The van der Waals surface area contributed by atoms with Crippen LogP contribution in [0.15, 0.2) is 125 Å². The maximum atomic E-state index is 14.3. The maximum Gasteiger partial charge on any atom is 0.335 e. The molecule has 0 spiro atoms.